The normalized spacial score (nSPS) is 16.0. The zero-order valence-corrected chi connectivity index (χ0v) is 39.5. The summed E-state index contributed by atoms with van der Waals surface area (Å²) in [5.41, 5.74) is 8.67. The average Bonchev–Trinajstić information content (AvgIpc) is 3.86. The molecule has 5 aromatic rings. The van der Waals surface area contributed by atoms with Crippen LogP contribution >= 0.6 is 0 Å². The van der Waals surface area contributed by atoms with Crippen LogP contribution in [-0.4, -0.2) is 84.8 Å². The molecule has 0 aliphatic carbocycles. The number of Topliss-reactive ketones (excluding diaryl/α,β-unsaturated/α-hetero) is 2. The topological polar surface area (TPSA) is 210 Å². The lowest BCUT2D eigenvalue weighted by atomic mass is 9.99. The van der Waals surface area contributed by atoms with Gasteiger partial charge in [-0.3, -0.25) is 43.5 Å². The van der Waals surface area contributed by atoms with E-state index >= 15 is 0 Å². The molecule has 4 amide bonds. The second-order valence-corrected chi connectivity index (χ2v) is 18.2. The van der Waals surface area contributed by atoms with Gasteiger partial charge in [0.1, 0.15) is 19.0 Å². The Kier molecular flexibility index (Phi) is 14.1. The fourth-order valence-corrected chi connectivity index (χ4v) is 9.71. The fourth-order valence-electron chi connectivity index (χ4n) is 9.71. The molecule has 0 radical (unpaired) electrons. The van der Waals surface area contributed by atoms with Crippen LogP contribution in [0, 0.1) is 6.92 Å². The molecule has 5 aromatic carbocycles. The number of aryl methyl sites for hydroxylation is 2. The van der Waals surface area contributed by atoms with Crippen LogP contribution < -0.4 is 34.6 Å². The molecule has 16 nitrogen and oxygen atoms in total. The van der Waals surface area contributed by atoms with Crippen molar-refractivity contribution in [3.8, 4) is 17.2 Å². The molecule has 71 heavy (non-hydrogen) atoms. The Balaban J connectivity index is 0.905. The quantitative estimate of drug-likeness (QED) is 0.0719. The van der Waals surface area contributed by atoms with Crippen LogP contribution in [0.2, 0.25) is 0 Å². The van der Waals surface area contributed by atoms with Crippen LogP contribution in [0.15, 0.2) is 96.0 Å². The van der Waals surface area contributed by atoms with Gasteiger partial charge >= 0.3 is 5.97 Å². The average molecular weight is 960 g/mol. The summed E-state index contributed by atoms with van der Waals surface area (Å²) in [6.45, 7) is 1.51. The highest BCUT2D eigenvalue weighted by molar-refractivity contribution is 6.15. The van der Waals surface area contributed by atoms with Gasteiger partial charge < -0.3 is 34.9 Å². The number of ketones is 2. The minimum absolute atomic E-state index is 0.00894. The SMILES string of the molecule is COc1cc2c(cc1OCc1cc(COc3cc4c(cc3C)C(=O)N3c5ccccc5C[C@H]3C=N4)cc(C(=O)CCC(=O)NCC(=O)CCC(=O)NCCC(=O)O)c1)CC[C@@H]1Cc3ccccc3N1C2=O. The second-order valence-electron chi connectivity index (χ2n) is 18.2. The Morgan fingerprint density at radius 1 is 0.690 bits per heavy atom. The van der Waals surface area contributed by atoms with Crippen LogP contribution in [-0.2, 0) is 51.7 Å². The Morgan fingerprint density at radius 2 is 1.35 bits per heavy atom. The first-order chi connectivity index (χ1) is 34.3. The zero-order chi connectivity index (χ0) is 49.8. The number of rotatable bonds is 19. The maximum atomic E-state index is 14.1. The Labute approximate surface area is 410 Å². The van der Waals surface area contributed by atoms with Crippen molar-refractivity contribution in [2.75, 3.05) is 30.0 Å². The second kappa shape index (κ2) is 20.8. The lowest BCUT2D eigenvalue weighted by molar-refractivity contribution is -0.137. The van der Waals surface area contributed by atoms with E-state index < -0.39 is 23.6 Å². The van der Waals surface area contributed by atoms with Crippen molar-refractivity contribution >= 4 is 64.4 Å². The molecule has 364 valence electrons. The molecule has 2 atom stereocenters. The van der Waals surface area contributed by atoms with Gasteiger partial charge in [0.05, 0.1) is 37.4 Å². The van der Waals surface area contributed by atoms with E-state index in [9.17, 15) is 33.6 Å². The molecule has 0 bridgehead atoms. The number of carbonyl (C=O) groups is 7. The van der Waals surface area contributed by atoms with Gasteiger partial charge in [0.15, 0.2) is 23.1 Å². The number of nitrogens with zero attached hydrogens (tertiary/aromatic N) is 3. The van der Waals surface area contributed by atoms with Crippen molar-refractivity contribution in [1.82, 2.24) is 10.6 Å². The maximum absolute atomic E-state index is 14.1. The maximum Gasteiger partial charge on any atom is 0.305 e. The first kappa shape index (κ1) is 47.9. The highest BCUT2D eigenvalue weighted by Crippen LogP contribution is 2.42. The number of aliphatic imine (C=N–C) groups is 1. The molecule has 4 aliphatic heterocycles. The Bertz CT molecular complexity index is 3020. The third-order valence-corrected chi connectivity index (χ3v) is 13.3. The third kappa shape index (κ3) is 10.6. The molecule has 4 aliphatic rings. The zero-order valence-electron chi connectivity index (χ0n) is 39.5. The molecular formula is C55H53N5O11. The third-order valence-electron chi connectivity index (χ3n) is 13.3. The van der Waals surface area contributed by atoms with Crippen molar-refractivity contribution in [2.45, 2.75) is 90.0 Å². The monoisotopic (exact) mass is 959 g/mol. The van der Waals surface area contributed by atoms with Crippen molar-refractivity contribution < 1.29 is 52.9 Å². The lowest BCUT2D eigenvalue weighted by Crippen LogP contribution is -2.37. The lowest BCUT2D eigenvalue weighted by Gasteiger charge is -2.23. The van der Waals surface area contributed by atoms with E-state index in [0.717, 1.165) is 46.5 Å². The number of anilines is 2. The van der Waals surface area contributed by atoms with Crippen LogP contribution in [0.25, 0.3) is 0 Å². The number of carbonyl (C=O) groups excluding carboxylic acids is 6. The van der Waals surface area contributed by atoms with Crippen LogP contribution in [0.5, 0.6) is 17.2 Å². The van der Waals surface area contributed by atoms with Gasteiger partial charge in [0.25, 0.3) is 11.8 Å². The standard InChI is InChI=1S/C55H53N5O11/c1-32-19-43-44(57-28-40-24-37-8-4-6-10-46(37)60(40)55(43)68)27-48(32)70-30-33-20-34(22-38(21-33)47(62)14-16-52(64)58-29-41(61)13-15-51(63)56-18-17-53(65)66)31-71-50-25-35-11-12-39-23-36-7-3-5-9-45(36)59(39)54(67)42(35)26-49(50)69-2/h3-10,19-22,25-28,39-40H,11-18,23-24,29-31H2,1-2H3,(H,56,63)(H,58,64)(H,65,66)/t39-,40+/m1/s1. The smallest absolute Gasteiger partial charge is 0.305 e. The summed E-state index contributed by atoms with van der Waals surface area (Å²) < 4.78 is 18.6. The largest absolute Gasteiger partial charge is 0.493 e. The van der Waals surface area contributed by atoms with Crippen molar-refractivity contribution in [3.05, 3.63) is 141 Å². The van der Waals surface area contributed by atoms with E-state index in [4.69, 9.17) is 24.3 Å². The van der Waals surface area contributed by atoms with Gasteiger partial charge in [0, 0.05) is 79.5 Å². The number of benzene rings is 5. The number of hydrogen-bond donors (Lipinski definition) is 3. The Hall–Kier alpha value is -8.14. The molecule has 0 unspecified atom stereocenters. The highest BCUT2D eigenvalue weighted by Gasteiger charge is 2.38. The van der Waals surface area contributed by atoms with E-state index in [1.165, 1.54) is 7.11 Å². The van der Waals surface area contributed by atoms with Gasteiger partial charge in [-0.15, -0.1) is 0 Å². The minimum Gasteiger partial charge on any atom is -0.493 e. The molecule has 4 heterocycles. The van der Waals surface area contributed by atoms with Crippen LogP contribution in [0.1, 0.15) is 103 Å². The van der Waals surface area contributed by atoms with E-state index in [2.05, 4.69) is 16.7 Å². The summed E-state index contributed by atoms with van der Waals surface area (Å²) >= 11 is 0. The summed E-state index contributed by atoms with van der Waals surface area (Å²) in [5.74, 6) is -1.70. The van der Waals surface area contributed by atoms with E-state index in [1.807, 2.05) is 66.4 Å². The molecule has 9 rings (SSSR count). The highest BCUT2D eigenvalue weighted by atomic mass is 16.5. The van der Waals surface area contributed by atoms with E-state index in [0.29, 0.717) is 63.6 Å². The van der Waals surface area contributed by atoms with Crippen LogP contribution in [0.3, 0.4) is 0 Å². The molecule has 0 spiro atoms. The van der Waals surface area contributed by atoms with Gasteiger partial charge in [-0.05, 0) is 108 Å². The van der Waals surface area contributed by atoms with Gasteiger partial charge in [-0.25, -0.2) is 0 Å². The predicted molar refractivity (Wildman–Crippen MR) is 263 cm³/mol. The number of ether oxygens (including phenoxy) is 3. The number of carboxylic acid groups (broad SMARTS) is 1. The summed E-state index contributed by atoms with van der Waals surface area (Å²) in [5, 5.41) is 13.7. The number of aliphatic carboxylic acids is 1. The van der Waals surface area contributed by atoms with Gasteiger partial charge in [0.2, 0.25) is 11.8 Å². The molecule has 0 saturated heterocycles. The first-order valence-electron chi connectivity index (χ1n) is 23.7. The number of carboxylic acids is 1. The summed E-state index contributed by atoms with van der Waals surface area (Å²) in [6, 6.07) is 28.1. The van der Waals surface area contributed by atoms with Crippen LogP contribution in [0.4, 0.5) is 17.1 Å². The van der Waals surface area contributed by atoms with Crippen molar-refractivity contribution in [1.29, 1.82) is 0 Å². The molecule has 16 heteroatoms. The summed E-state index contributed by atoms with van der Waals surface area (Å²) in [6.07, 6.45) is 3.77. The minimum atomic E-state index is -1.06. The number of hydrogen-bond acceptors (Lipinski definition) is 11. The van der Waals surface area contributed by atoms with E-state index in [-0.39, 0.29) is 88.1 Å². The molecule has 0 saturated carbocycles. The van der Waals surface area contributed by atoms with Gasteiger partial charge in [-0.1, -0.05) is 36.4 Å². The van der Waals surface area contributed by atoms with Crippen molar-refractivity contribution in [2.24, 2.45) is 4.99 Å². The Morgan fingerprint density at radius 3 is 2.08 bits per heavy atom. The first-order valence-corrected chi connectivity index (χ1v) is 23.7. The summed E-state index contributed by atoms with van der Waals surface area (Å²) in [7, 11) is 1.52. The van der Waals surface area contributed by atoms with Crippen molar-refractivity contribution in [3.63, 3.8) is 0 Å². The predicted octanol–water partition coefficient (Wildman–Crippen LogP) is 6.99. The summed E-state index contributed by atoms with van der Waals surface area (Å²) in [4.78, 5) is 98.2. The molecule has 0 fully saturated rings. The number of para-hydroxylation sites is 2. The van der Waals surface area contributed by atoms with Gasteiger partial charge in [-0.2, -0.15) is 0 Å². The van der Waals surface area contributed by atoms with E-state index in [1.54, 1.807) is 41.4 Å². The molecular weight excluding hydrogens is 907 g/mol. The fraction of sp³-hybridized carbons (Fsp3) is 0.309. The number of amides is 4. The molecule has 0 aromatic heterocycles. The molecule has 3 N–H and O–H groups in total. The number of methoxy groups -OCH3 is 1. The number of nitrogens with one attached hydrogen (secondary N) is 2. The number of fused-ring (bicyclic) bond motifs is 8.